The second-order valence-electron chi connectivity index (χ2n) is 6.96. The van der Waals surface area contributed by atoms with Gasteiger partial charge in [0.05, 0.1) is 5.69 Å². The van der Waals surface area contributed by atoms with Crippen molar-refractivity contribution in [1.82, 2.24) is 10.3 Å². The fraction of sp³-hybridized carbons (Fsp3) is 0.824. The molecule has 21 heavy (non-hydrogen) atoms. The first-order valence-electron chi connectivity index (χ1n) is 8.61. The Morgan fingerprint density at radius 2 is 2.05 bits per heavy atom. The van der Waals surface area contributed by atoms with Crippen LogP contribution >= 0.6 is 11.3 Å². The van der Waals surface area contributed by atoms with Crippen LogP contribution in [0.5, 0.6) is 0 Å². The highest BCUT2D eigenvalue weighted by atomic mass is 32.1. The zero-order chi connectivity index (χ0) is 14.8. The highest BCUT2D eigenvalue weighted by Crippen LogP contribution is 2.38. The highest BCUT2D eigenvalue weighted by molar-refractivity contribution is 7.15. The number of nitrogens with zero attached hydrogens (tertiary/aromatic N) is 2. The Labute approximate surface area is 133 Å². The summed E-state index contributed by atoms with van der Waals surface area (Å²) in [4.78, 5) is 9.05. The lowest BCUT2D eigenvalue weighted by atomic mass is 9.89. The molecule has 0 amide bonds. The largest absolute Gasteiger partial charge is 0.348 e. The van der Waals surface area contributed by atoms with Crippen LogP contribution < -0.4 is 10.2 Å². The molecule has 3 nitrogen and oxygen atoms in total. The molecule has 1 aliphatic carbocycles. The van der Waals surface area contributed by atoms with Gasteiger partial charge in [0.2, 0.25) is 0 Å². The molecule has 1 N–H and O–H groups in total. The molecule has 1 saturated heterocycles. The minimum atomic E-state index is 0.537. The van der Waals surface area contributed by atoms with Crippen LogP contribution in [0.3, 0.4) is 0 Å². The van der Waals surface area contributed by atoms with Gasteiger partial charge in [0.1, 0.15) is 0 Å². The van der Waals surface area contributed by atoms with Gasteiger partial charge in [0, 0.05) is 24.0 Å². The molecule has 0 bridgehead atoms. The molecule has 2 aliphatic rings. The maximum absolute atomic E-state index is 4.99. The van der Waals surface area contributed by atoms with E-state index in [9.17, 15) is 0 Å². The Hall–Kier alpha value is -0.610. The number of hydrogen-bond donors (Lipinski definition) is 1. The first kappa shape index (κ1) is 15.3. The maximum atomic E-state index is 4.99. The number of nitrogens with one attached hydrogen (secondary N) is 1. The normalized spacial score (nSPS) is 26.8. The Kier molecular flexibility index (Phi) is 4.85. The lowest BCUT2D eigenvalue weighted by Gasteiger charge is -2.21. The van der Waals surface area contributed by atoms with E-state index in [1.54, 1.807) is 0 Å². The molecule has 2 heterocycles. The summed E-state index contributed by atoms with van der Waals surface area (Å²) in [6.45, 7) is 7.14. The second-order valence-corrected chi connectivity index (χ2v) is 7.97. The number of fused-ring (bicyclic) bond motifs is 1. The first-order chi connectivity index (χ1) is 10.2. The van der Waals surface area contributed by atoms with Gasteiger partial charge in [-0.3, -0.25) is 0 Å². The Morgan fingerprint density at radius 1 is 1.19 bits per heavy atom. The Morgan fingerprint density at radius 3 is 2.81 bits per heavy atom. The standard InChI is InChI=1S/C17H29N3S/c1-12(2)13-6-5-10-20(11-9-13)17-19-15-8-4-7-14(18-3)16(15)21-17/h12-14,18H,4-11H2,1-3H3. The van der Waals surface area contributed by atoms with Crippen LogP contribution in [0.2, 0.25) is 0 Å². The number of anilines is 1. The van der Waals surface area contributed by atoms with Gasteiger partial charge in [-0.15, -0.1) is 0 Å². The third-order valence-electron chi connectivity index (χ3n) is 5.27. The van der Waals surface area contributed by atoms with Crippen molar-refractivity contribution in [2.45, 2.75) is 58.4 Å². The third-order valence-corrected chi connectivity index (χ3v) is 6.55. The molecule has 1 aliphatic heterocycles. The molecule has 2 atom stereocenters. The molecule has 118 valence electrons. The van der Waals surface area contributed by atoms with E-state index in [0.29, 0.717) is 6.04 Å². The van der Waals surface area contributed by atoms with Crippen LogP contribution in [0.25, 0.3) is 0 Å². The molecule has 2 unspecified atom stereocenters. The van der Waals surface area contributed by atoms with Crippen LogP contribution in [0.4, 0.5) is 5.13 Å². The molecule has 1 aromatic heterocycles. The van der Waals surface area contributed by atoms with E-state index >= 15 is 0 Å². The highest BCUT2D eigenvalue weighted by Gasteiger charge is 2.26. The summed E-state index contributed by atoms with van der Waals surface area (Å²) in [6, 6.07) is 0.537. The van der Waals surface area contributed by atoms with Crippen molar-refractivity contribution < 1.29 is 0 Å². The predicted molar refractivity (Wildman–Crippen MR) is 91.2 cm³/mol. The van der Waals surface area contributed by atoms with Crippen molar-refractivity contribution >= 4 is 16.5 Å². The molecular weight excluding hydrogens is 278 g/mol. The molecule has 4 heteroatoms. The second kappa shape index (κ2) is 6.66. The smallest absolute Gasteiger partial charge is 0.185 e. The quantitative estimate of drug-likeness (QED) is 0.915. The predicted octanol–water partition coefficient (Wildman–Crippen LogP) is 4.00. The SMILES string of the molecule is CNC1CCCc2nc(N3CCCC(C(C)C)CC3)sc21. The summed E-state index contributed by atoms with van der Waals surface area (Å²) in [5, 5.41) is 4.75. The van der Waals surface area contributed by atoms with E-state index in [-0.39, 0.29) is 0 Å². The van der Waals surface area contributed by atoms with Crippen LogP contribution in [-0.4, -0.2) is 25.1 Å². The lowest BCUT2D eigenvalue weighted by molar-refractivity contribution is 0.351. The number of aryl methyl sites for hydroxylation is 1. The Balaban J connectivity index is 1.74. The molecule has 1 fully saturated rings. The number of rotatable bonds is 3. The number of aromatic nitrogens is 1. The number of thiazole rings is 1. The van der Waals surface area contributed by atoms with E-state index < -0.39 is 0 Å². The van der Waals surface area contributed by atoms with Gasteiger partial charge in [0.25, 0.3) is 0 Å². The summed E-state index contributed by atoms with van der Waals surface area (Å²) >= 11 is 1.95. The van der Waals surface area contributed by atoms with Crippen molar-refractivity contribution in [3.05, 3.63) is 10.6 Å². The topological polar surface area (TPSA) is 28.2 Å². The van der Waals surface area contributed by atoms with E-state index in [2.05, 4.69) is 31.1 Å². The average molecular weight is 308 g/mol. The fourth-order valence-corrected chi connectivity index (χ4v) is 5.11. The molecule has 0 radical (unpaired) electrons. The number of hydrogen-bond acceptors (Lipinski definition) is 4. The van der Waals surface area contributed by atoms with Gasteiger partial charge in [-0.2, -0.15) is 0 Å². The van der Waals surface area contributed by atoms with E-state index in [1.165, 1.54) is 67.3 Å². The van der Waals surface area contributed by atoms with Gasteiger partial charge >= 0.3 is 0 Å². The van der Waals surface area contributed by atoms with Crippen LogP contribution in [0.15, 0.2) is 0 Å². The summed E-state index contributed by atoms with van der Waals surface area (Å²) in [7, 11) is 2.08. The summed E-state index contributed by atoms with van der Waals surface area (Å²) in [6.07, 6.45) is 7.75. The van der Waals surface area contributed by atoms with E-state index in [1.807, 2.05) is 11.3 Å². The molecule has 3 rings (SSSR count). The third kappa shape index (κ3) is 3.26. The van der Waals surface area contributed by atoms with Crippen molar-refractivity contribution in [2.24, 2.45) is 11.8 Å². The van der Waals surface area contributed by atoms with Gasteiger partial charge < -0.3 is 10.2 Å². The maximum Gasteiger partial charge on any atom is 0.185 e. The first-order valence-corrected chi connectivity index (χ1v) is 9.42. The van der Waals surface area contributed by atoms with Crippen molar-refractivity contribution in [3.8, 4) is 0 Å². The molecule has 0 aromatic carbocycles. The zero-order valence-electron chi connectivity index (χ0n) is 13.7. The monoisotopic (exact) mass is 307 g/mol. The molecular formula is C17H29N3S. The molecule has 0 spiro atoms. The fourth-order valence-electron chi connectivity index (χ4n) is 3.80. The molecule has 1 aromatic rings. The summed E-state index contributed by atoms with van der Waals surface area (Å²) in [5.41, 5.74) is 1.37. The van der Waals surface area contributed by atoms with Crippen LogP contribution in [-0.2, 0) is 6.42 Å². The van der Waals surface area contributed by atoms with Crippen molar-refractivity contribution in [3.63, 3.8) is 0 Å². The van der Waals surface area contributed by atoms with Crippen molar-refractivity contribution in [1.29, 1.82) is 0 Å². The van der Waals surface area contributed by atoms with Gasteiger partial charge in [-0.25, -0.2) is 4.98 Å². The summed E-state index contributed by atoms with van der Waals surface area (Å²) < 4.78 is 0. The van der Waals surface area contributed by atoms with E-state index in [0.717, 1.165) is 11.8 Å². The van der Waals surface area contributed by atoms with Crippen LogP contribution in [0.1, 0.15) is 62.6 Å². The van der Waals surface area contributed by atoms with Crippen LogP contribution in [0, 0.1) is 11.8 Å². The van der Waals surface area contributed by atoms with E-state index in [4.69, 9.17) is 4.98 Å². The molecule has 0 saturated carbocycles. The summed E-state index contributed by atoms with van der Waals surface area (Å²) in [5.74, 6) is 1.72. The lowest BCUT2D eigenvalue weighted by Crippen LogP contribution is -2.24. The van der Waals surface area contributed by atoms with Crippen molar-refractivity contribution in [2.75, 3.05) is 25.0 Å². The Bertz CT molecular complexity index is 469. The van der Waals surface area contributed by atoms with Gasteiger partial charge in [-0.1, -0.05) is 25.2 Å². The minimum Gasteiger partial charge on any atom is -0.348 e. The minimum absolute atomic E-state index is 0.537. The van der Waals surface area contributed by atoms with Gasteiger partial charge in [0.15, 0.2) is 5.13 Å². The van der Waals surface area contributed by atoms with Gasteiger partial charge in [-0.05, 0) is 57.4 Å². The average Bonchev–Trinajstić information content (AvgIpc) is 2.76. The zero-order valence-corrected chi connectivity index (χ0v) is 14.5.